The van der Waals surface area contributed by atoms with Gasteiger partial charge < -0.3 is 10.0 Å². The number of carbonyl (C=O) groups excluding carboxylic acids is 1. The monoisotopic (exact) mass is 241 g/mol. The maximum absolute atomic E-state index is 11.9. The minimum absolute atomic E-state index is 0.257. The average molecular weight is 241 g/mol. The Bertz CT molecular complexity index is 389. The highest BCUT2D eigenvalue weighted by Crippen LogP contribution is 2.30. The third-order valence-electron chi connectivity index (χ3n) is 2.36. The van der Waals surface area contributed by atoms with Crippen LogP contribution in [0.4, 0.5) is 0 Å². The van der Waals surface area contributed by atoms with Crippen LogP contribution in [0.5, 0.6) is 0 Å². The molecule has 1 aromatic rings. The molecule has 1 aliphatic rings. The smallest absolute Gasteiger partial charge is 0.323 e. The molecule has 0 unspecified atom stereocenters. The van der Waals surface area contributed by atoms with Crippen molar-refractivity contribution < 1.29 is 14.7 Å². The highest BCUT2D eigenvalue weighted by molar-refractivity contribution is 7.07. The van der Waals surface area contributed by atoms with E-state index in [9.17, 15) is 9.59 Å². The van der Waals surface area contributed by atoms with E-state index in [0.29, 0.717) is 17.3 Å². The topological polar surface area (TPSA) is 83.4 Å². The van der Waals surface area contributed by atoms with Crippen molar-refractivity contribution in [3.8, 4) is 0 Å². The summed E-state index contributed by atoms with van der Waals surface area (Å²) in [4.78, 5) is 24.3. The Hall–Kier alpha value is -1.50. The minimum Gasteiger partial charge on any atom is -0.480 e. The number of hydrogen-bond acceptors (Lipinski definition) is 5. The number of amides is 1. The first-order valence-electron chi connectivity index (χ1n) is 4.95. The summed E-state index contributed by atoms with van der Waals surface area (Å²) in [6, 6.07) is 0. The lowest BCUT2D eigenvalue weighted by Crippen LogP contribution is -2.36. The van der Waals surface area contributed by atoms with E-state index in [1.54, 1.807) is 0 Å². The molecule has 0 spiro atoms. The zero-order valence-electron chi connectivity index (χ0n) is 8.50. The number of carbonyl (C=O) groups is 2. The van der Waals surface area contributed by atoms with Crippen molar-refractivity contribution in [3.63, 3.8) is 0 Å². The first-order valence-corrected chi connectivity index (χ1v) is 5.72. The highest BCUT2D eigenvalue weighted by atomic mass is 32.1. The molecule has 0 aliphatic heterocycles. The van der Waals surface area contributed by atoms with Crippen LogP contribution in [-0.2, 0) is 4.79 Å². The van der Waals surface area contributed by atoms with E-state index in [2.05, 4.69) is 9.59 Å². The zero-order valence-corrected chi connectivity index (χ0v) is 9.31. The molecule has 1 amide bonds. The van der Waals surface area contributed by atoms with Crippen LogP contribution in [0.3, 0.4) is 0 Å². The summed E-state index contributed by atoms with van der Waals surface area (Å²) >= 11 is 0.989. The first-order chi connectivity index (χ1) is 7.66. The third kappa shape index (κ3) is 2.75. The van der Waals surface area contributed by atoms with Gasteiger partial charge in [0.25, 0.3) is 5.91 Å². The van der Waals surface area contributed by atoms with Gasteiger partial charge >= 0.3 is 5.97 Å². The Morgan fingerprint density at radius 1 is 1.56 bits per heavy atom. The average Bonchev–Trinajstić information content (AvgIpc) is 2.88. The lowest BCUT2D eigenvalue weighted by molar-refractivity contribution is -0.137. The van der Waals surface area contributed by atoms with Gasteiger partial charge in [0.1, 0.15) is 11.4 Å². The second kappa shape index (κ2) is 4.56. The number of carboxylic acid groups (broad SMARTS) is 1. The Kier molecular flexibility index (Phi) is 3.14. The van der Waals surface area contributed by atoms with E-state index < -0.39 is 5.97 Å². The quantitative estimate of drug-likeness (QED) is 0.810. The third-order valence-corrected chi connectivity index (χ3v) is 3.01. The molecule has 1 N–H and O–H groups in total. The second-order valence-electron chi connectivity index (χ2n) is 3.80. The predicted molar refractivity (Wildman–Crippen MR) is 56.2 cm³/mol. The molecule has 2 rings (SSSR count). The standard InChI is InChI=1S/C9H11N3O3S/c13-8(14)5-12(4-6-1-2-6)9(15)7-3-10-11-16-7/h3,6H,1-2,4-5H2,(H,13,14). The number of carboxylic acids is 1. The Balaban J connectivity index is 2.04. The summed E-state index contributed by atoms with van der Waals surface area (Å²) in [5.74, 6) is -0.819. The zero-order chi connectivity index (χ0) is 11.5. The summed E-state index contributed by atoms with van der Waals surface area (Å²) < 4.78 is 3.60. The van der Waals surface area contributed by atoms with Crippen LogP contribution in [0.2, 0.25) is 0 Å². The SMILES string of the molecule is O=C(O)CN(CC1CC1)C(=O)c1cnns1. The summed E-state index contributed by atoms with van der Waals surface area (Å²) in [5, 5.41) is 12.3. The molecule has 1 aromatic heterocycles. The number of hydrogen-bond donors (Lipinski definition) is 1. The van der Waals surface area contributed by atoms with Crippen molar-refractivity contribution in [2.75, 3.05) is 13.1 Å². The van der Waals surface area contributed by atoms with E-state index in [4.69, 9.17) is 5.11 Å². The van der Waals surface area contributed by atoms with Gasteiger partial charge in [-0.15, -0.1) is 5.10 Å². The summed E-state index contributed by atoms with van der Waals surface area (Å²) in [6.07, 6.45) is 3.52. The van der Waals surface area contributed by atoms with E-state index >= 15 is 0 Å². The van der Waals surface area contributed by atoms with Gasteiger partial charge in [-0.3, -0.25) is 9.59 Å². The molecule has 1 heterocycles. The van der Waals surface area contributed by atoms with Crippen LogP contribution < -0.4 is 0 Å². The number of aliphatic carboxylic acids is 1. The molecule has 0 saturated heterocycles. The van der Waals surface area contributed by atoms with E-state index in [0.717, 1.165) is 24.4 Å². The van der Waals surface area contributed by atoms with Gasteiger partial charge in [0.15, 0.2) is 0 Å². The van der Waals surface area contributed by atoms with E-state index in [1.807, 2.05) is 0 Å². The molecular weight excluding hydrogens is 230 g/mol. The predicted octanol–water partition coefficient (Wildman–Crippen LogP) is 0.475. The van der Waals surface area contributed by atoms with Crippen LogP contribution in [0.25, 0.3) is 0 Å². The summed E-state index contributed by atoms with van der Waals surface area (Å²) in [6.45, 7) is 0.260. The van der Waals surface area contributed by atoms with Gasteiger partial charge in [0.05, 0.1) is 6.20 Å². The molecule has 0 aromatic carbocycles. The van der Waals surface area contributed by atoms with Crippen molar-refractivity contribution >= 4 is 23.4 Å². The van der Waals surface area contributed by atoms with Crippen LogP contribution in [0.15, 0.2) is 6.20 Å². The van der Waals surface area contributed by atoms with Gasteiger partial charge in [0.2, 0.25) is 0 Å². The Labute approximate surface area is 96.0 Å². The van der Waals surface area contributed by atoms with Crippen LogP contribution >= 0.6 is 11.5 Å². The molecule has 1 aliphatic carbocycles. The van der Waals surface area contributed by atoms with Crippen molar-refractivity contribution in [1.29, 1.82) is 0 Å². The lowest BCUT2D eigenvalue weighted by Gasteiger charge is -2.19. The Morgan fingerprint density at radius 2 is 2.31 bits per heavy atom. The molecule has 1 saturated carbocycles. The molecule has 0 radical (unpaired) electrons. The van der Waals surface area contributed by atoms with Crippen molar-refractivity contribution in [1.82, 2.24) is 14.5 Å². The number of aromatic nitrogens is 2. The fraction of sp³-hybridized carbons (Fsp3) is 0.556. The largest absolute Gasteiger partial charge is 0.480 e. The van der Waals surface area contributed by atoms with Crippen LogP contribution in [0.1, 0.15) is 22.5 Å². The van der Waals surface area contributed by atoms with Crippen molar-refractivity contribution in [2.24, 2.45) is 5.92 Å². The fourth-order valence-corrected chi connectivity index (χ4v) is 1.90. The van der Waals surface area contributed by atoms with Crippen molar-refractivity contribution in [2.45, 2.75) is 12.8 Å². The van der Waals surface area contributed by atoms with Crippen LogP contribution in [0, 0.1) is 5.92 Å². The number of nitrogens with zero attached hydrogens (tertiary/aromatic N) is 3. The maximum Gasteiger partial charge on any atom is 0.323 e. The van der Waals surface area contributed by atoms with E-state index in [1.165, 1.54) is 11.1 Å². The molecule has 86 valence electrons. The summed E-state index contributed by atoms with van der Waals surface area (Å²) in [5.41, 5.74) is 0. The maximum atomic E-state index is 11.9. The molecule has 0 atom stereocenters. The van der Waals surface area contributed by atoms with E-state index in [-0.39, 0.29) is 12.5 Å². The molecule has 6 nitrogen and oxygen atoms in total. The van der Waals surface area contributed by atoms with Gasteiger partial charge in [0, 0.05) is 6.54 Å². The highest BCUT2D eigenvalue weighted by Gasteiger charge is 2.29. The molecular formula is C9H11N3O3S. The lowest BCUT2D eigenvalue weighted by atomic mass is 10.3. The van der Waals surface area contributed by atoms with Gasteiger partial charge in [-0.2, -0.15) is 0 Å². The van der Waals surface area contributed by atoms with Gasteiger partial charge in [-0.1, -0.05) is 4.49 Å². The van der Waals surface area contributed by atoms with Gasteiger partial charge in [-0.05, 0) is 30.3 Å². The molecule has 1 fully saturated rings. The van der Waals surface area contributed by atoms with Crippen molar-refractivity contribution in [3.05, 3.63) is 11.1 Å². The van der Waals surface area contributed by atoms with Gasteiger partial charge in [-0.25, -0.2) is 0 Å². The summed E-state index contributed by atoms with van der Waals surface area (Å²) in [7, 11) is 0. The normalized spacial score (nSPS) is 14.8. The minimum atomic E-state index is -0.994. The molecule has 16 heavy (non-hydrogen) atoms. The Morgan fingerprint density at radius 3 is 2.81 bits per heavy atom. The first kappa shape index (κ1) is 11.0. The fourth-order valence-electron chi connectivity index (χ4n) is 1.41. The van der Waals surface area contributed by atoms with Crippen LogP contribution in [-0.4, -0.2) is 44.6 Å². The molecule has 0 bridgehead atoms. The molecule has 7 heteroatoms. The second-order valence-corrected chi connectivity index (χ2v) is 4.59. The number of rotatable bonds is 5.